The van der Waals surface area contributed by atoms with Crippen LogP contribution in [-0.2, 0) is 13.1 Å². The SMILES string of the molecule is Cc1n[nH]c(C)c1CNCc1csc(Br)c1. The molecule has 0 unspecified atom stereocenters. The molecule has 0 saturated carbocycles. The van der Waals surface area contributed by atoms with E-state index in [1.54, 1.807) is 11.3 Å². The van der Waals surface area contributed by atoms with Crippen molar-refractivity contribution in [3.63, 3.8) is 0 Å². The number of nitrogens with one attached hydrogen (secondary N) is 2. The zero-order chi connectivity index (χ0) is 11.5. The van der Waals surface area contributed by atoms with Gasteiger partial charge in [-0.05, 0) is 46.8 Å². The Morgan fingerprint density at radius 2 is 2.25 bits per heavy atom. The van der Waals surface area contributed by atoms with Crippen LogP contribution in [0.5, 0.6) is 0 Å². The Hall–Kier alpha value is -0.650. The Kier molecular flexibility index (Phi) is 3.78. The molecule has 2 heterocycles. The second kappa shape index (κ2) is 5.12. The van der Waals surface area contributed by atoms with Crippen LogP contribution in [0.1, 0.15) is 22.5 Å². The number of nitrogens with zero attached hydrogens (tertiary/aromatic N) is 1. The van der Waals surface area contributed by atoms with Gasteiger partial charge in [-0.15, -0.1) is 11.3 Å². The Bertz CT molecular complexity index is 456. The molecule has 2 rings (SSSR count). The summed E-state index contributed by atoms with van der Waals surface area (Å²) >= 11 is 5.18. The van der Waals surface area contributed by atoms with Crippen LogP contribution in [0.15, 0.2) is 15.2 Å². The summed E-state index contributed by atoms with van der Waals surface area (Å²) in [6.07, 6.45) is 0. The van der Waals surface area contributed by atoms with Crippen LogP contribution in [0, 0.1) is 13.8 Å². The van der Waals surface area contributed by atoms with E-state index in [1.807, 2.05) is 6.92 Å². The topological polar surface area (TPSA) is 40.7 Å². The maximum absolute atomic E-state index is 4.18. The number of rotatable bonds is 4. The van der Waals surface area contributed by atoms with E-state index >= 15 is 0 Å². The van der Waals surface area contributed by atoms with Crippen LogP contribution < -0.4 is 5.32 Å². The third-order valence-corrected chi connectivity index (χ3v) is 4.09. The van der Waals surface area contributed by atoms with Gasteiger partial charge in [-0.25, -0.2) is 0 Å². The van der Waals surface area contributed by atoms with Crippen molar-refractivity contribution in [1.82, 2.24) is 15.5 Å². The fourth-order valence-electron chi connectivity index (χ4n) is 1.60. The normalized spacial score (nSPS) is 10.9. The first-order valence-corrected chi connectivity index (χ1v) is 6.78. The molecule has 0 aliphatic rings. The lowest BCUT2D eigenvalue weighted by molar-refractivity contribution is 0.689. The highest BCUT2D eigenvalue weighted by atomic mass is 79.9. The van der Waals surface area contributed by atoms with Crippen molar-refractivity contribution in [2.24, 2.45) is 0 Å². The zero-order valence-electron chi connectivity index (χ0n) is 9.30. The van der Waals surface area contributed by atoms with E-state index in [0.717, 1.165) is 24.5 Å². The van der Waals surface area contributed by atoms with Gasteiger partial charge in [0.05, 0.1) is 9.48 Å². The van der Waals surface area contributed by atoms with Gasteiger partial charge < -0.3 is 5.32 Å². The molecule has 0 amide bonds. The predicted octanol–water partition coefficient (Wildman–Crippen LogP) is 3.14. The Balaban J connectivity index is 1.89. The van der Waals surface area contributed by atoms with Crippen LogP contribution >= 0.6 is 27.3 Å². The molecule has 16 heavy (non-hydrogen) atoms. The van der Waals surface area contributed by atoms with Crippen molar-refractivity contribution in [3.8, 4) is 0 Å². The van der Waals surface area contributed by atoms with E-state index in [1.165, 1.54) is 14.9 Å². The number of hydrogen-bond donors (Lipinski definition) is 2. The molecule has 86 valence electrons. The van der Waals surface area contributed by atoms with Gasteiger partial charge in [-0.3, -0.25) is 5.10 Å². The first kappa shape index (κ1) is 11.8. The predicted molar refractivity (Wildman–Crippen MR) is 70.6 cm³/mol. The molecular weight excluding hydrogens is 286 g/mol. The van der Waals surface area contributed by atoms with Gasteiger partial charge in [0, 0.05) is 24.3 Å². The summed E-state index contributed by atoms with van der Waals surface area (Å²) in [7, 11) is 0. The number of aromatic amines is 1. The average Bonchev–Trinajstić information content (AvgIpc) is 2.78. The van der Waals surface area contributed by atoms with E-state index in [9.17, 15) is 0 Å². The molecule has 0 aliphatic carbocycles. The molecule has 5 heteroatoms. The number of hydrogen-bond acceptors (Lipinski definition) is 3. The number of aryl methyl sites for hydroxylation is 2. The molecule has 3 nitrogen and oxygen atoms in total. The first-order chi connectivity index (χ1) is 7.66. The van der Waals surface area contributed by atoms with Gasteiger partial charge in [0.15, 0.2) is 0 Å². The fourth-order valence-corrected chi connectivity index (χ4v) is 2.81. The third-order valence-electron chi connectivity index (χ3n) is 2.53. The lowest BCUT2D eigenvalue weighted by Crippen LogP contribution is -2.13. The molecule has 0 radical (unpaired) electrons. The second-order valence-corrected chi connectivity index (χ2v) is 6.07. The number of thiophene rings is 1. The summed E-state index contributed by atoms with van der Waals surface area (Å²) in [6, 6.07) is 2.15. The Morgan fingerprint density at radius 3 is 2.81 bits per heavy atom. The van der Waals surface area contributed by atoms with Gasteiger partial charge >= 0.3 is 0 Å². The van der Waals surface area contributed by atoms with E-state index in [4.69, 9.17) is 0 Å². The molecule has 0 bridgehead atoms. The minimum Gasteiger partial charge on any atom is -0.308 e. The van der Waals surface area contributed by atoms with E-state index < -0.39 is 0 Å². The van der Waals surface area contributed by atoms with Crippen molar-refractivity contribution in [1.29, 1.82) is 0 Å². The maximum Gasteiger partial charge on any atom is 0.0701 e. The highest BCUT2D eigenvalue weighted by Crippen LogP contribution is 2.20. The Morgan fingerprint density at radius 1 is 1.44 bits per heavy atom. The van der Waals surface area contributed by atoms with E-state index in [0.29, 0.717) is 0 Å². The summed E-state index contributed by atoms with van der Waals surface area (Å²) in [5.41, 5.74) is 4.82. The summed E-state index contributed by atoms with van der Waals surface area (Å²) in [5, 5.41) is 12.8. The Labute approximate surface area is 107 Å². The van der Waals surface area contributed by atoms with Crippen molar-refractivity contribution in [2.75, 3.05) is 0 Å². The highest BCUT2D eigenvalue weighted by Gasteiger charge is 2.05. The van der Waals surface area contributed by atoms with Crippen LogP contribution in [-0.4, -0.2) is 10.2 Å². The summed E-state index contributed by atoms with van der Waals surface area (Å²) in [5.74, 6) is 0. The molecular formula is C11H14BrN3S. The van der Waals surface area contributed by atoms with Gasteiger partial charge in [-0.1, -0.05) is 0 Å². The first-order valence-electron chi connectivity index (χ1n) is 5.11. The van der Waals surface area contributed by atoms with Crippen molar-refractivity contribution >= 4 is 27.3 Å². The van der Waals surface area contributed by atoms with Gasteiger partial charge in [0.1, 0.15) is 0 Å². The number of aromatic nitrogens is 2. The molecule has 0 fully saturated rings. The fraction of sp³-hybridized carbons (Fsp3) is 0.364. The van der Waals surface area contributed by atoms with E-state index in [-0.39, 0.29) is 0 Å². The largest absolute Gasteiger partial charge is 0.308 e. The molecule has 0 aromatic carbocycles. The highest BCUT2D eigenvalue weighted by molar-refractivity contribution is 9.11. The standard InChI is InChI=1S/C11H14BrN3S/c1-7-10(8(2)15-14-7)5-13-4-9-3-11(12)16-6-9/h3,6,13H,4-5H2,1-2H3,(H,14,15). The molecule has 2 aromatic heterocycles. The molecule has 2 N–H and O–H groups in total. The monoisotopic (exact) mass is 299 g/mol. The molecule has 0 saturated heterocycles. The van der Waals surface area contributed by atoms with Crippen molar-refractivity contribution < 1.29 is 0 Å². The molecule has 0 atom stereocenters. The van der Waals surface area contributed by atoms with Gasteiger partial charge in [-0.2, -0.15) is 5.10 Å². The summed E-state index contributed by atoms with van der Waals surface area (Å²) in [4.78, 5) is 0. The van der Waals surface area contributed by atoms with Crippen LogP contribution in [0.25, 0.3) is 0 Å². The zero-order valence-corrected chi connectivity index (χ0v) is 11.7. The minimum atomic E-state index is 0.863. The lowest BCUT2D eigenvalue weighted by Gasteiger charge is -2.03. The summed E-state index contributed by atoms with van der Waals surface area (Å²) in [6.45, 7) is 5.84. The lowest BCUT2D eigenvalue weighted by atomic mass is 10.2. The van der Waals surface area contributed by atoms with Gasteiger partial charge in [0.25, 0.3) is 0 Å². The third kappa shape index (κ3) is 2.72. The smallest absolute Gasteiger partial charge is 0.0701 e. The quantitative estimate of drug-likeness (QED) is 0.910. The summed E-state index contributed by atoms with van der Waals surface area (Å²) < 4.78 is 1.18. The molecule has 0 aliphatic heterocycles. The van der Waals surface area contributed by atoms with Crippen LogP contribution in [0.2, 0.25) is 0 Å². The number of halogens is 1. The van der Waals surface area contributed by atoms with Crippen molar-refractivity contribution in [3.05, 3.63) is 37.7 Å². The van der Waals surface area contributed by atoms with Crippen molar-refractivity contribution in [2.45, 2.75) is 26.9 Å². The minimum absolute atomic E-state index is 0.863. The van der Waals surface area contributed by atoms with Gasteiger partial charge in [0.2, 0.25) is 0 Å². The van der Waals surface area contributed by atoms with Crippen LogP contribution in [0.3, 0.4) is 0 Å². The average molecular weight is 300 g/mol. The molecule has 2 aromatic rings. The number of H-pyrrole nitrogens is 1. The molecule has 0 spiro atoms. The maximum atomic E-state index is 4.18. The second-order valence-electron chi connectivity index (χ2n) is 3.78. The van der Waals surface area contributed by atoms with Crippen LogP contribution in [0.4, 0.5) is 0 Å². The van der Waals surface area contributed by atoms with E-state index in [2.05, 4.69) is 49.8 Å².